The topological polar surface area (TPSA) is 64.9 Å². The van der Waals surface area contributed by atoms with Crippen molar-refractivity contribution in [2.45, 2.75) is 26.6 Å². The molecule has 0 radical (unpaired) electrons. The lowest BCUT2D eigenvalue weighted by Crippen LogP contribution is -2.09. The van der Waals surface area contributed by atoms with Crippen LogP contribution in [0.25, 0.3) is 0 Å². The summed E-state index contributed by atoms with van der Waals surface area (Å²) in [6.07, 6.45) is 1.75. The number of nitrogens with zero attached hydrogens (tertiary/aromatic N) is 4. The van der Waals surface area contributed by atoms with Crippen molar-refractivity contribution >= 4 is 21.9 Å². The van der Waals surface area contributed by atoms with Crippen molar-refractivity contribution < 1.29 is 4.74 Å². The summed E-state index contributed by atoms with van der Waals surface area (Å²) >= 11 is 3.52. The van der Waals surface area contributed by atoms with E-state index in [1.165, 1.54) is 5.56 Å². The van der Waals surface area contributed by atoms with Crippen LogP contribution in [-0.4, -0.2) is 20.2 Å². The summed E-state index contributed by atoms with van der Waals surface area (Å²) in [5.41, 5.74) is 3.37. The minimum absolute atomic E-state index is 0.518. The Morgan fingerprint density at radius 1 is 1.27 bits per heavy atom. The number of ether oxygens (including phenoxy) is 1. The number of aromatic nitrogens is 4. The average molecular weight is 414 g/mol. The first-order valence-corrected chi connectivity index (χ1v) is 9.02. The zero-order valence-electron chi connectivity index (χ0n) is 14.5. The van der Waals surface area contributed by atoms with E-state index in [0.717, 1.165) is 21.3 Å². The van der Waals surface area contributed by atoms with Crippen molar-refractivity contribution in [1.29, 1.82) is 0 Å². The van der Waals surface area contributed by atoms with Gasteiger partial charge in [0.1, 0.15) is 12.4 Å². The summed E-state index contributed by atoms with van der Waals surface area (Å²) < 4.78 is 8.69. The van der Waals surface area contributed by atoms with Gasteiger partial charge >= 0.3 is 0 Å². The van der Waals surface area contributed by atoms with Crippen LogP contribution >= 0.6 is 15.9 Å². The fourth-order valence-electron chi connectivity index (χ4n) is 2.54. The molecule has 0 spiro atoms. The predicted molar refractivity (Wildman–Crippen MR) is 105 cm³/mol. The molecule has 1 aromatic heterocycles. The Balaban J connectivity index is 1.71. The Labute approximate surface area is 161 Å². The maximum atomic E-state index is 6.05. The average Bonchev–Trinajstić information content (AvgIpc) is 3.07. The van der Waals surface area contributed by atoms with Gasteiger partial charge in [-0.3, -0.25) is 0 Å². The van der Waals surface area contributed by atoms with Gasteiger partial charge in [0.2, 0.25) is 5.95 Å². The maximum absolute atomic E-state index is 6.05. The van der Waals surface area contributed by atoms with Crippen LogP contribution in [0.1, 0.15) is 16.7 Å². The van der Waals surface area contributed by atoms with E-state index in [1.807, 2.05) is 24.3 Å². The highest BCUT2D eigenvalue weighted by Gasteiger charge is 2.09. The van der Waals surface area contributed by atoms with E-state index < -0.39 is 0 Å². The van der Waals surface area contributed by atoms with Gasteiger partial charge < -0.3 is 10.1 Å². The maximum Gasteiger partial charge on any atom is 0.243 e. The highest BCUT2D eigenvalue weighted by atomic mass is 79.9. The lowest BCUT2D eigenvalue weighted by Gasteiger charge is -2.13. The van der Waals surface area contributed by atoms with E-state index >= 15 is 0 Å². The summed E-state index contributed by atoms with van der Waals surface area (Å²) in [6, 6.07) is 14.3. The van der Waals surface area contributed by atoms with Crippen LogP contribution in [0.15, 0.2) is 59.6 Å². The molecule has 0 unspecified atom stereocenters. The van der Waals surface area contributed by atoms with Gasteiger partial charge in [-0.15, -0.1) is 6.58 Å². The van der Waals surface area contributed by atoms with Gasteiger partial charge in [-0.1, -0.05) is 56.9 Å². The number of nitrogens with one attached hydrogen (secondary N) is 1. The van der Waals surface area contributed by atoms with Crippen molar-refractivity contribution in [3.8, 4) is 5.75 Å². The van der Waals surface area contributed by atoms with Crippen LogP contribution < -0.4 is 10.1 Å². The minimum atomic E-state index is 0.518. The monoisotopic (exact) mass is 413 g/mol. The lowest BCUT2D eigenvalue weighted by molar-refractivity contribution is 0.303. The van der Waals surface area contributed by atoms with Crippen molar-refractivity contribution in [2.75, 3.05) is 5.32 Å². The number of benzene rings is 2. The molecule has 1 heterocycles. The second kappa shape index (κ2) is 8.62. The molecule has 3 aromatic rings. The predicted octanol–water partition coefficient (Wildman–Crippen LogP) is 4.12. The number of allylic oxidation sites excluding steroid dienone is 1. The van der Waals surface area contributed by atoms with Crippen LogP contribution in [0, 0.1) is 6.92 Å². The third-order valence-electron chi connectivity index (χ3n) is 3.77. The number of aryl methyl sites for hydroxylation is 1. The molecule has 0 aliphatic rings. The number of tetrazole rings is 1. The fourth-order valence-corrected chi connectivity index (χ4v) is 2.95. The molecule has 0 aliphatic carbocycles. The molecular weight excluding hydrogens is 394 g/mol. The minimum Gasteiger partial charge on any atom is -0.489 e. The molecule has 1 N–H and O–H groups in total. The molecule has 0 fully saturated rings. The zero-order valence-corrected chi connectivity index (χ0v) is 16.1. The summed E-state index contributed by atoms with van der Waals surface area (Å²) in [6.45, 7) is 7.39. The summed E-state index contributed by atoms with van der Waals surface area (Å²) in [5.74, 6) is 1.42. The van der Waals surface area contributed by atoms with Gasteiger partial charge in [-0.25, -0.2) is 4.68 Å². The second-order valence-electron chi connectivity index (χ2n) is 5.86. The summed E-state index contributed by atoms with van der Waals surface area (Å²) in [5, 5.41) is 14.9. The molecular formula is C19H20BrN5O. The van der Waals surface area contributed by atoms with Crippen LogP contribution in [0.2, 0.25) is 0 Å². The third kappa shape index (κ3) is 4.70. The molecule has 0 bridgehead atoms. The van der Waals surface area contributed by atoms with Gasteiger partial charge in [-0.2, -0.15) is 0 Å². The third-order valence-corrected chi connectivity index (χ3v) is 4.26. The van der Waals surface area contributed by atoms with Crippen LogP contribution in [-0.2, 0) is 19.7 Å². The van der Waals surface area contributed by atoms with E-state index in [1.54, 1.807) is 10.8 Å². The first kappa shape index (κ1) is 18.1. The lowest BCUT2D eigenvalue weighted by atomic mass is 10.1. The van der Waals surface area contributed by atoms with E-state index in [2.05, 4.69) is 68.5 Å². The molecule has 0 amide bonds. The van der Waals surface area contributed by atoms with Crippen LogP contribution in [0.4, 0.5) is 5.95 Å². The molecule has 6 nitrogen and oxygen atoms in total. The first-order chi connectivity index (χ1) is 12.7. The second-order valence-corrected chi connectivity index (χ2v) is 6.77. The number of hydrogen-bond donors (Lipinski definition) is 1. The molecule has 2 aromatic carbocycles. The van der Waals surface area contributed by atoms with Crippen molar-refractivity contribution in [3.63, 3.8) is 0 Å². The van der Waals surface area contributed by atoms with Crippen LogP contribution in [0.3, 0.4) is 0 Å². The Morgan fingerprint density at radius 2 is 2.15 bits per heavy atom. The van der Waals surface area contributed by atoms with E-state index in [-0.39, 0.29) is 0 Å². The van der Waals surface area contributed by atoms with Gasteiger partial charge in [0.25, 0.3) is 0 Å². The molecule has 3 rings (SSSR count). The first-order valence-electron chi connectivity index (χ1n) is 8.23. The quantitative estimate of drug-likeness (QED) is 0.562. The van der Waals surface area contributed by atoms with E-state index in [0.29, 0.717) is 25.6 Å². The smallest absolute Gasteiger partial charge is 0.243 e. The normalized spacial score (nSPS) is 10.5. The van der Waals surface area contributed by atoms with Gasteiger partial charge in [0, 0.05) is 16.6 Å². The SMILES string of the molecule is C=CCn1nnnc1NCc1cc(Br)ccc1OCc1cccc(C)c1. The van der Waals surface area contributed by atoms with Gasteiger partial charge in [-0.05, 0) is 41.1 Å². The molecule has 134 valence electrons. The van der Waals surface area contributed by atoms with Gasteiger partial charge in [0.05, 0.1) is 6.54 Å². The fraction of sp³-hybridized carbons (Fsp3) is 0.211. The van der Waals surface area contributed by atoms with E-state index in [4.69, 9.17) is 4.74 Å². The van der Waals surface area contributed by atoms with Gasteiger partial charge in [0.15, 0.2) is 0 Å². The van der Waals surface area contributed by atoms with E-state index in [9.17, 15) is 0 Å². The Bertz CT molecular complexity index is 893. The molecule has 0 saturated carbocycles. The number of rotatable bonds is 8. The molecule has 0 atom stereocenters. The summed E-state index contributed by atoms with van der Waals surface area (Å²) in [4.78, 5) is 0. The molecule has 26 heavy (non-hydrogen) atoms. The Hall–Kier alpha value is -2.67. The highest BCUT2D eigenvalue weighted by Crippen LogP contribution is 2.25. The number of halogens is 1. The van der Waals surface area contributed by atoms with Crippen molar-refractivity contribution in [2.24, 2.45) is 0 Å². The number of anilines is 1. The highest BCUT2D eigenvalue weighted by molar-refractivity contribution is 9.10. The summed E-state index contributed by atoms with van der Waals surface area (Å²) in [7, 11) is 0. The Morgan fingerprint density at radius 3 is 2.96 bits per heavy atom. The number of hydrogen-bond acceptors (Lipinski definition) is 5. The Kier molecular flexibility index (Phi) is 6.01. The standard InChI is InChI=1S/C19H20BrN5O/c1-3-9-25-19(22-23-24-25)21-12-16-11-17(20)7-8-18(16)26-13-15-6-4-5-14(2)10-15/h3-8,10-11H,1,9,12-13H2,2H3,(H,21,22,24). The van der Waals surface area contributed by atoms with Crippen molar-refractivity contribution in [1.82, 2.24) is 20.2 Å². The molecule has 7 heteroatoms. The molecule has 0 saturated heterocycles. The molecule has 0 aliphatic heterocycles. The van der Waals surface area contributed by atoms with Crippen molar-refractivity contribution in [3.05, 3.63) is 76.3 Å². The largest absolute Gasteiger partial charge is 0.489 e. The van der Waals surface area contributed by atoms with Crippen LogP contribution in [0.5, 0.6) is 5.75 Å². The zero-order chi connectivity index (χ0) is 18.4.